The zero-order valence-electron chi connectivity index (χ0n) is 15.3. The van der Waals surface area contributed by atoms with Crippen molar-refractivity contribution in [1.29, 1.82) is 0 Å². The van der Waals surface area contributed by atoms with Gasteiger partial charge >= 0.3 is 0 Å². The molecule has 0 radical (unpaired) electrons. The van der Waals surface area contributed by atoms with Crippen molar-refractivity contribution >= 4 is 27.1 Å². The van der Waals surface area contributed by atoms with Crippen LogP contribution in [0.5, 0.6) is 0 Å². The first-order chi connectivity index (χ1) is 12.9. The highest BCUT2D eigenvalue weighted by Crippen LogP contribution is 2.18. The predicted molar refractivity (Wildman–Crippen MR) is 105 cm³/mol. The van der Waals surface area contributed by atoms with Crippen LogP contribution in [0.3, 0.4) is 0 Å². The molecule has 2 heterocycles. The molecule has 1 fully saturated rings. The fourth-order valence-corrected chi connectivity index (χ4v) is 5.08. The second-order valence-electron chi connectivity index (χ2n) is 6.72. The minimum Gasteiger partial charge on any atom is -0.376 e. The maximum Gasteiger partial charge on any atom is 0.238 e. The number of sulfone groups is 1. The van der Waals surface area contributed by atoms with Gasteiger partial charge in [-0.25, -0.2) is 13.4 Å². The molecule has 0 unspecified atom stereocenters. The lowest BCUT2D eigenvalue weighted by molar-refractivity contribution is -0.120. The molecule has 3 rings (SSSR count). The Bertz CT molecular complexity index is 859. The molecule has 0 bridgehead atoms. The van der Waals surface area contributed by atoms with Gasteiger partial charge in [0.05, 0.1) is 22.6 Å². The van der Waals surface area contributed by atoms with Gasteiger partial charge in [0.2, 0.25) is 5.91 Å². The summed E-state index contributed by atoms with van der Waals surface area (Å²) < 4.78 is 30.6. The van der Waals surface area contributed by atoms with Gasteiger partial charge in [-0.2, -0.15) is 0 Å². The van der Waals surface area contributed by atoms with E-state index >= 15 is 0 Å². The van der Waals surface area contributed by atoms with Gasteiger partial charge in [-0.3, -0.25) is 4.79 Å². The van der Waals surface area contributed by atoms with E-state index in [0.717, 1.165) is 23.4 Å². The SMILES string of the molecule is C[C@@H](C(=O)NC[C@H]1CCCO1)S(=O)(=O)Cc1csc(Cc2ccccc2)n1. The van der Waals surface area contributed by atoms with Gasteiger partial charge in [0.1, 0.15) is 5.25 Å². The van der Waals surface area contributed by atoms with Crippen LogP contribution in [0.1, 0.15) is 36.0 Å². The molecule has 1 amide bonds. The zero-order chi connectivity index (χ0) is 19.3. The minimum absolute atomic E-state index is 0.0112. The Morgan fingerprint density at radius 1 is 1.37 bits per heavy atom. The molecule has 1 aliphatic heterocycles. The van der Waals surface area contributed by atoms with Crippen molar-refractivity contribution in [2.75, 3.05) is 13.2 Å². The zero-order valence-corrected chi connectivity index (χ0v) is 16.9. The number of nitrogens with zero attached hydrogens (tertiary/aromatic N) is 1. The molecule has 27 heavy (non-hydrogen) atoms. The lowest BCUT2D eigenvalue weighted by atomic mass is 10.2. The van der Waals surface area contributed by atoms with Crippen LogP contribution in [0.25, 0.3) is 0 Å². The highest BCUT2D eigenvalue weighted by atomic mass is 32.2. The topological polar surface area (TPSA) is 85.4 Å². The number of nitrogens with one attached hydrogen (secondary N) is 1. The Morgan fingerprint density at radius 2 is 2.15 bits per heavy atom. The first-order valence-electron chi connectivity index (χ1n) is 9.02. The molecule has 2 atom stereocenters. The van der Waals surface area contributed by atoms with Crippen LogP contribution in [0.2, 0.25) is 0 Å². The molecule has 1 aromatic carbocycles. The van der Waals surface area contributed by atoms with Crippen LogP contribution in [0.15, 0.2) is 35.7 Å². The van der Waals surface area contributed by atoms with Crippen LogP contribution in [-0.4, -0.2) is 43.8 Å². The Hall–Kier alpha value is -1.77. The summed E-state index contributed by atoms with van der Waals surface area (Å²) >= 11 is 1.44. The van der Waals surface area contributed by atoms with Crippen molar-refractivity contribution in [3.8, 4) is 0 Å². The molecule has 0 spiro atoms. The van der Waals surface area contributed by atoms with Gasteiger partial charge in [0, 0.05) is 25.0 Å². The minimum atomic E-state index is -3.63. The van der Waals surface area contributed by atoms with E-state index in [0.29, 0.717) is 25.3 Å². The van der Waals surface area contributed by atoms with E-state index in [4.69, 9.17) is 4.74 Å². The summed E-state index contributed by atoms with van der Waals surface area (Å²) in [7, 11) is -3.63. The number of hydrogen-bond acceptors (Lipinski definition) is 6. The maximum atomic E-state index is 12.6. The molecule has 1 saturated heterocycles. The van der Waals surface area contributed by atoms with E-state index in [1.54, 1.807) is 5.38 Å². The maximum absolute atomic E-state index is 12.6. The van der Waals surface area contributed by atoms with Crippen molar-refractivity contribution < 1.29 is 17.9 Å². The summed E-state index contributed by atoms with van der Waals surface area (Å²) in [5, 5.41) is 4.20. The number of ether oxygens (including phenoxy) is 1. The van der Waals surface area contributed by atoms with Gasteiger partial charge in [-0.1, -0.05) is 30.3 Å². The Morgan fingerprint density at radius 3 is 2.85 bits per heavy atom. The molecular weight excluding hydrogens is 384 g/mol. The van der Waals surface area contributed by atoms with E-state index in [-0.39, 0.29) is 11.9 Å². The average Bonchev–Trinajstić information content (AvgIpc) is 3.31. The second-order valence-corrected chi connectivity index (χ2v) is 9.99. The predicted octanol–water partition coefficient (Wildman–Crippen LogP) is 2.33. The number of carbonyl (C=O) groups excluding carboxylic acids is 1. The first kappa shape index (κ1) is 20.0. The van der Waals surface area contributed by atoms with E-state index in [1.165, 1.54) is 18.3 Å². The Kier molecular flexibility index (Phi) is 6.62. The third-order valence-electron chi connectivity index (χ3n) is 4.58. The standard InChI is InChI=1S/C19H24N2O4S2/c1-14(19(22)20-11-17-8-5-9-25-17)27(23,24)13-16-12-26-18(21-16)10-15-6-3-2-4-7-15/h2-4,6-7,12,14,17H,5,8-11,13H2,1H3,(H,20,22)/t14-,17+/m0/s1. The average molecular weight is 409 g/mol. The summed E-state index contributed by atoms with van der Waals surface area (Å²) in [5.74, 6) is -0.711. The number of hydrogen-bond donors (Lipinski definition) is 1. The van der Waals surface area contributed by atoms with Crippen molar-refractivity contribution in [2.45, 2.75) is 43.3 Å². The smallest absolute Gasteiger partial charge is 0.238 e. The molecular formula is C19H24N2O4S2. The summed E-state index contributed by atoms with van der Waals surface area (Å²) in [6.07, 6.45) is 2.53. The number of thiazole rings is 1. The first-order valence-corrected chi connectivity index (χ1v) is 11.6. The molecule has 1 N–H and O–H groups in total. The third-order valence-corrected chi connectivity index (χ3v) is 7.47. The van der Waals surface area contributed by atoms with Crippen molar-refractivity contribution in [1.82, 2.24) is 10.3 Å². The molecule has 6 nitrogen and oxygen atoms in total. The van der Waals surface area contributed by atoms with Crippen LogP contribution >= 0.6 is 11.3 Å². The Balaban J connectivity index is 1.56. The summed E-state index contributed by atoms with van der Waals surface area (Å²) in [6, 6.07) is 9.90. The number of rotatable bonds is 8. The lowest BCUT2D eigenvalue weighted by Gasteiger charge is -2.15. The van der Waals surface area contributed by atoms with Crippen LogP contribution in [0.4, 0.5) is 0 Å². The van der Waals surface area contributed by atoms with Gasteiger partial charge in [0.25, 0.3) is 0 Å². The highest BCUT2D eigenvalue weighted by molar-refractivity contribution is 7.92. The Labute approximate surface area is 163 Å². The fourth-order valence-electron chi connectivity index (χ4n) is 2.92. The van der Waals surface area contributed by atoms with E-state index in [2.05, 4.69) is 10.3 Å². The highest BCUT2D eigenvalue weighted by Gasteiger charge is 2.29. The van der Waals surface area contributed by atoms with E-state index < -0.39 is 21.0 Å². The van der Waals surface area contributed by atoms with Crippen LogP contribution in [0, 0.1) is 0 Å². The quantitative estimate of drug-likeness (QED) is 0.725. The monoisotopic (exact) mass is 408 g/mol. The third kappa shape index (κ3) is 5.60. The van der Waals surface area contributed by atoms with Gasteiger partial charge in [0.15, 0.2) is 9.84 Å². The molecule has 0 aliphatic carbocycles. The van der Waals surface area contributed by atoms with Crippen molar-refractivity contribution in [3.05, 3.63) is 52.0 Å². The number of aromatic nitrogens is 1. The van der Waals surface area contributed by atoms with Gasteiger partial charge in [-0.15, -0.1) is 11.3 Å². The second kappa shape index (κ2) is 8.95. The summed E-state index contributed by atoms with van der Waals surface area (Å²) in [6.45, 7) is 2.48. The molecule has 1 aliphatic rings. The summed E-state index contributed by atoms with van der Waals surface area (Å²) in [4.78, 5) is 16.6. The number of amides is 1. The fraction of sp³-hybridized carbons (Fsp3) is 0.474. The lowest BCUT2D eigenvalue weighted by Crippen LogP contribution is -2.41. The molecule has 0 saturated carbocycles. The summed E-state index contributed by atoms with van der Waals surface area (Å²) in [5.41, 5.74) is 1.62. The van der Waals surface area contributed by atoms with Crippen molar-refractivity contribution in [2.24, 2.45) is 0 Å². The van der Waals surface area contributed by atoms with Crippen LogP contribution < -0.4 is 5.32 Å². The normalized spacial score (nSPS) is 18.3. The van der Waals surface area contributed by atoms with E-state index in [1.807, 2.05) is 30.3 Å². The molecule has 1 aromatic heterocycles. The van der Waals surface area contributed by atoms with Gasteiger partial charge < -0.3 is 10.1 Å². The van der Waals surface area contributed by atoms with Crippen molar-refractivity contribution in [3.63, 3.8) is 0 Å². The number of carbonyl (C=O) groups is 1. The molecule has 2 aromatic rings. The van der Waals surface area contributed by atoms with Gasteiger partial charge in [-0.05, 0) is 25.3 Å². The molecule has 146 valence electrons. The molecule has 8 heteroatoms. The largest absolute Gasteiger partial charge is 0.376 e. The van der Waals surface area contributed by atoms with Crippen LogP contribution in [-0.2, 0) is 31.5 Å². The van der Waals surface area contributed by atoms with E-state index in [9.17, 15) is 13.2 Å². The number of benzene rings is 1.